The Hall–Kier alpha value is -2.53. The Morgan fingerprint density at radius 3 is 2.52 bits per heavy atom. The van der Waals surface area contributed by atoms with Crippen LogP contribution in [0.25, 0.3) is 0 Å². The molecule has 5 heteroatoms. The molecule has 1 saturated heterocycles. The summed E-state index contributed by atoms with van der Waals surface area (Å²) >= 11 is 0. The van der Waals surface area contributed by atoms with Gasteiger partial charge in [-0.3, -0.25) is 9.69 Å². The second-order valence-corrected chi connectivity index (χ2v) is 6.75. The van der Waals surface area contributed by atoms with Gasteiger partial charge in [-0.15, -0.1) is 0 Å². The lowest BCUT2D eigenvalue weighted by Crippen LogP contribution is -2.25. The van der Waals surface area contributed by atoms with Crippen molar-refractivity contribution >= 4 is 5.97 Å². The monoisotopic (exact) mass is 369 g/mol. The highest BCUT2D eigenvalue weighted by Gasteiger charge is 2.40. The quantitative estimate of drug-likeness (QED) is 0.700. The van der Waals surface area contributed by atoms with E-state index in [4.69, 9.17) is 14.2 Å². The van der Waals surface area contributed by atoms with Crippen LogP contribution >= 0.6 is 0 Å². The summed E-state index contributed by atoms with van der Waals surface area (Å²) in [5, 5.41) is 0. The van der Waals surface area contributed by atoms with Gasteiger partial charge in [0.1, 0.15) is 11.5 Å². The van der Waals surface area contributed by atoms with Crippen molar-refractivity contribution in [3.63, 3.8) is 0 Å². The standard InChI is InChI=1S/C22H27NO4/c1-4-27-22(24)20-15-23(13-16-8-6-5-7-9-16)14-19(20)18-11-10-17(25-2)12-21(18)26-3/h5-12,19-20H,4,13-15H2,1-3H3. The average molecular weight is 369 g/mol. The van der Waals surface area contributed by atoms with Crippen LogP contribution < -0.4 is 9.47 Å². The van der Waals surface area contributed by atoms with E-state index in [1.807, 2.05) is 43.3 Å². The summed E-state index contributed by atoms with van der Waals surface area (Å²) < 4.78 is 16.3. The van der Waals surface area contributed by atoms with Crippen molar-refractivity contribution in [3.8, 4) is 11.5 Å². The summed E-state index contributed by atoms with van der Waals surface area (Å²) in [6.45, 7) is 4.50. The molecule has 3 rings (SSSR count). The normalized spacial score (nSPS) is 19.7. The van der Waals surface area contributed by atoms with Crippen molar-refractivity contribution in [3.05, 3.63) is 59.7 Å². The van der Waals surface area contributed by atoms with Gasteiger partial charge in [0.25, 0.3) is 0 Å². The number of hydrogen-bond donors (Lipinski definition) is 0. The van der Waals surface area contributed by atoms with Gasteiger partial charge in [-0.05, 0) is 24.1 Å². The van der Waals surface area contributed by atoms with E-state index in [0.29, 0.717) is 13.2 Å². The zero-order valence-electron chi connectivity index (χ0n) is 16.2. The van der Waals surface area contributed by atoms with Crippen LogP contribution in [0.1, 0.15) is 24.0 Å². The van der Waals surface area contributed by atoms with E-state index in [-0.39, 0.29) is 17.8 Å². The van der Waals surface area contributed by atoms with Gasteiger partial charge >= 0.3 is 5.97 Å². The Labute approximate surface area is 160 Å². The molecule has 144 valence electrons. The van der Waals surface area contributed by atoms with Gasteiger partial charge in [0, 0.05) is 31.6 Å². The second-order valence-electron chi connectivity index (χ2n) is 6.75. The number of esters is 1. The third-order valence-corrected chi connectivity index (χ3v) is 5.07. The summed E-state index contributed by atoms with van der Waals surface area (Å²) in [5.41, 5.74) is 2.26. The molecule has 0 spiro atoms. The number of carbonyl (C=O) groups excluding carboxylic acids is 1. The number of ether oxygens (including phenoxy) is 3. The summed E-state index contributed by atoms with van der Waals surface area (Å²) in [5.74, 6) is 1.15. The minimum absolute atomic E-state index is 0.0219. The first-order chi connectivity index (χ1) is 13.2. The molecule has 2 atom stereocenters. The molecule has 0 bridgehead atoms. The largest absolute Gasteiger partial charge is 0.497 e. The van der Waals surface area contributed by atoms with Crippen molar-refractivity contribution < 1.29 is 19.0 Å². The number of nitrogens with zero attached hydrogens (tertiary/aromatic N) is 1. The summed E-state index contributed by atoms with van der Waals surface area (Å²) in [7, 11) is 3.28. The number of hydrogen-bond acceptors (Lipinski definition) is 5. The number of likely N-dealkylation sites (tertiary alicyclic amines) is 1. The van der Waals surface area contributed by atoms with Crippen LogP contribution in [0.4, 0.5) is 0 Å². The van der Waals surface area contributed by atoms with Crippen LogP contribution in [-0.2, 0) is 16.1 Å². The highest BCUT2D eigenvalue weighted by molar-refractivity contribution is 5.75. The SMILES string of the molecule is CCOC(=O)C1CN(Cc2ccccc2)CC1c1ccc(OC)cc1OC. The van der Waals surface area contributed by atoms with Gasteiger partial charge in [-0.1, -0.05) is 36.4 Å². The minimum atomic E-state index is -0.212. The maximum Gasteiger partial charge on any atom is 0.310 e. The van der Waals surface area contributed by atoms with Crippen molar-refractivity contribution in [2.45, 2.75) is 19.4 Å². The van der Waals surface area contributed by atoms with Crippen LogP contribution in [-0.4, -0.2) is 44.8 Å². The third-order valence-electron chi connectivity index (χ3n) is 5.07. The van der Waals surface area contributed by atoms with Gasteiger partial charge in [-0.25, -0.2) is 0 Å². The number of rotatable bonds is 7. The minimum Gasteiger partial charge on any atom is -0.497 e. The van der Waals surface area contributed by atoms with Crippen molar-refractivity contribution in [1.82, 2.24) is 4.90 Å². The predicted octanol–water partition coefficient (Wildman–Crippen LogP) is 3.48. The Morgan fingerprint density at radius 1 is 1.07 bits per heavy atom. The molecule has 0 radical (unpaired) electrons. The first-order valence-corrected chi connectivity index (χ1v) is 9.31. The highest BCUT2D eigenvalue weighted by atomic mass is 16.5. The van der Waals surface area contributed by atoms with Gasteiger partial charge in [0.15, 0.2) is 0 Å². The molecule has 1 aliphatic rings. The molecule has 0 saturated carbocycles. The number of carbonyl (C=O) groups is 1. The molecule has 2 aromatic carbocycles. The van der Waals surface area contributed by atoms with Crippen LogP contribution in [0, 0.1) is 5.92 Å². The molecule has 1 aliphatic heterocycles. The van der Waals surface area contributed by atoms with Crippen molar-refractivity contribution in [1.29, 1.82) is 0 Å². The lowest BCUT2D eigenvalue weighted by Gasteiger charge is -2.20. The molecular formula is C22H27NO4. The summed E-state index contributed by atoms with van der Waals surface area (Å²) in [6, 6.07) is 16.1. The van der Waals surface area contributed by atoms with Crippen LogP contribution in [0.15, 0.2) is 48.5 Å². The molecule has 27 heavy (non-hydrogen) atoms. The fraction of sp³-hybridized carbons (Fsp3) is 0.409. The molecule has 0 aromatic heterocycles. The molecule has 1 fully saturated rings. The van der Waals surface area contributed by atoms with E-state index < -0.39 is 0 Å². The molecular weight excluding hydrogens is 342 g/mol. The second kappa shape index (κ2) is 8.91. The van der Waals surface area contributed by atoms with Crippen LogP contribution in [0.2, 0.25) is 0 Å². The van der Waals surface area contributed by atoms with E-state index in [2.05, 4.69) is 17.0 Å². The highest BCUT2D eigenvalue weighted by Crippen LogP contribution is 2.40. The molecule has 1 heterocycles. The van der Waals surface area contributed by atoms with Crippen LogP contribution in [0.5, 0.6) is 11.5 Å². The fourth-order valence-electron chi connectivity index (χ4n) is 3.78. The molecule has 0 aliphatic carbocycles. The Balaban J connectivity index is 1.87. The predicted molar refractivity (Wildman–Crippen MR) is 104 cm³/mol. The summed E-state index contributed by atoms with van der Waals surface area (Å²) in [4.78, 5) is 14.9. The lowest BCUT2D eigenvalue weighted by molar-refractivity contribution is -0.148. The van der Waals surface area contributed by atoms with Gasteiger partial charge in [0.2, 0.25) is 0 Å². The topological polar surface area (TPSA) is 48.0 Å². The fourth-order valence-corrected chi connectivity index (χ4v) is 3.78. The third kappa shape index (κ3) is 4.42. The Bertz CT molecular complexity index is 762. The van der Waals surface area contributed by atoms with E-state index in [1.165, 1.54) is 5.56 Å². The molecule has 2 aromatic rings. The van der Waals surface area contributed by atoms with Crippen LogP contribution in [0.3, 0.4) is 0 Å². The lowest BCUT2D eigenvalue weighted by atomic mass is 9.88. The van der Waals surface area contributed by atoms with E-state index in [9.17, 15) is 4.79 Å². The Kier molecular flexibility index (Phi) is 6.35. The maximum absolute atomic E-state index is 12.6. The zero-order valence-corrected chi connectivity index (χ0v) is 16.2. The number of methoxy groups -OCH3 is 2. The van der Waals surface area contributed by atoms with E-state index in [1.54, 1.807) is 14.2 Å². The first kappa shape index (κ1) is 19.2. The van der Waals surface area contributed by atoms with E-state index in [0.717, 1.165) is 30.2 Å². The van der Waals surface area contributed by atoms with Crippen molar-refractivity contribution in [2.24, 2.45) is 5.92 Å². The first-order valence-electron chi connectivity index (χ1n) is 9.31. The molecule has 0 amide bonds. The molecule has 5 nitrogen and oxygen atoms in total. The van der Waals surface area contributed by atoms with Gasteiger partial charge in [0.05, 0.1) is 26.7 Å². The Morgan fingerprint density at radius 2 is 1.85 bits per heavy atom. The van der Waals surface area contributed by atoms with Gasteiger partial charge in [-0.2, -0.15) is 0 Å². The van der Waals surface area contributed by atoms with Gasteiger partial charge < -0.3 is 14.2 Å². The number of benzene rings is 2. The zero-order chi connectivity index (χ0) is 19.2. The summed E-state index contributed by atoms with van der Waals surface area (Å²) in [6.07, 6.45) is 0. The molecule has 2 unspecified atom stereocenters. The maximum atomic E-state index is 12.6. The molecule has 0 N–H and O–H groups in total. The average Bonchev–Trinajstić information content (AvgIpc) is 3.12. The van der Waals surface area contributed by atoms with E-state index >= 15 is 0 Å². The smallest absolute Gasteiger partial charge is 0.310 e. The van der Waals surface area contributed by atoms with Crippen molar-refractivity contribution in [2.75, 3.05) is 33.9 Å².